The third-order valence-electron chi connectivity index (χ3n) is 5.22. The molecule has 9 heteroatoms. The molecule has 1 aliphatic heterocycles. The average Bonchev–Trinajstić information content (AvgIpc) is 3.21. The Balaban J connectivity index is 1.82. The van der Waals surface area contributed by atoms with Gasteiger partial charge in [0.1, 0.15) is 17.5 Å². The molecule has 3 aromatic rings. The first-order valence-corrected chi connectivity index (χ1v) is 11.8. The Labute approximate surface area is 197 Å². The van der Waals surface area contributed by atoms with Crippen molar-refractivity contribution in [2.45, 2.75) is 32.0 Å². The van der Waals surface area contributed by atoms with Crippen LogP contribution in [0.25, 0.3) is 0 Å². The fourth-order valence-electron chi connectivity index (χ4n) is 3.83. The molecule has 1 unspecified atom stereocenters. The molecule has 1 aromatic heterocycles. The molecule has 172 valence electrons. The molecule has 1 atom stereocenters. The van der Waals surface area contributed by atoms with Crippen molar-refractivity contribution in [3.8, 4) is 11.5 Å². The van der Waals surface area contributed by atoms with Crippen molar-refractivity contribution in [1.29, 1.82) is 0 Å². The molecule has 33 heavy (non-hydrogen) atoms. The van der Waals surface area contributed by atoms with Crippen molar-refractivity contribution in [2.75, 3.05) is 30.1 Å². The fourth-order valence-corrected chi connectivity index (χ4v) is 4.39. The van der Waals surface area contributed by atoms with E-state index in [4.69, 9.17) is 14.6 Å². The van der Waals surface area contributed by atoms with E-state index in [1.165, 1.54) is 0 Å². The lowest BCUT2D eigenvalue weighted by Gasteiger charge is -2.29. The van der Waals surface area contributed by atoms with E-state index in [2.05, 4.69) is 22.5 Å². The Morgan fingerprint density at radius 2 is 1.88 bits per heavy atom. The van der Waals surface area contributed by atoms with Gasteiger partial charge in [0.25, 0.3) is 5.91 Å². The first-order valence-electron chi connectivity index (χ1n) is 10.8. The van der Waals surface area contributed by atoms with E-state index >= 15 is 0 Å². The van der Waals surface area contributed by atoms with Gasteiger partial charge in [-0.05, 0) is 37.8 Å². The van der Waals surface area contributed by atoms with E-state index in [9.17, 15) is 4.79 Å². The maximum atomic E-state index is 13.7. The van der Waals surface area contributed by atoms with Gasteiger partial charge in [-0.2, -0.15) is 4.98 Å². The Hall–Kier alpha value is -3.46. The maximum absolute atomic E-state index is 13.7. The van der Waals surface area contributed by atoms with Gasteiger partial charge in [0.05, 0.1) is 25.0 Å². The quantitative estimate of drug-likeness (QED) is 0.465. The van der Waals surface area contributed by atoms with E-state index in [-0.39, 0.29) is 5.91 Å². The van der Waals surface area contributed by atoms with Gasteiger partial charge in [-0.3, -0.25) is 4.79 Å². The number of aromatic nitrogens is 3. The summed E-state index contributed by atoms with van der Waals surface area (Å²) < 4.78 is 13.1. The number of fused-ring (bicyclic) bond motifs is 1. The van der Waals surface area contributed by atoms with E-state index in [1.807, 2.05) is 62.4 Å². The number of amides is 1. The lowest BCUT2D eigenvalue weighted by atomic mass is 9.94. The summed E-state index contributed by atoms with van der Waals surface area (Å²) in [5, 5.41) is 11.6. The highest BCUT2D eigenvalue weighted by molar-refractivity contribution is 7.99. The van der Waals surface area contributed by atoms with Crippen molar-refractivity contribution in [3.63, 3.8) is 0 Å². The first-order chi connectivity index (χ1) is 16.1. The molecular formula is C24H27N5O3S. The van der Waals surface area contributed by atoms with Crippen LogP contribution in [0.15, 0.2) is 65.0 Å². The zero-order chi connectivity index (χ0) is 23.4. The molecular weight excluding hydrogens is 438 g/mol. The van der Waals surface area contributed by atoms with E-state index in [1.54, 1.807) is 23.6 Å². The van der Waals surface area contributed by atoms with Crippen molar-refractivity contribution < 1.29 is 14.3 Å². The van der Waals surface area contributed by atoms with Crippen LogP contribution in [0.3, 0.4) is 0 Å². The minimum Gasteiger partial charge on any atom is -0.495 e. The number of anilines is 2. The minimum absolute atomic E-state index is 0.258. The van der Waals surface area contributed by atoms with Gasteiger partial charge in [0.2, 0.25) is 11.1 Å². The number of carbonyl (C=O) groups is 1. The summed E-state index contributed by atoms with van der Waals surface area (Å²) in [4.78, 5) is 18.3. The molecule has 4 rings (SSSR count). The zero-order valence-corrected chi connectivity index (χ0v) is 19.9. The molecule has 0 saturated heterocycles. The second-order valence-corrected chi connectivity index (χ2v) is 8.52. The normalized spacial score (nSPS) is 15.0. The van der Waals surface area contributed by atoms with Crippen LogP contribution in [-0.4, -0.2) is 40.1 Å². The summed E-state index contributed by atoms with van der Waals surface area (Å²) in [6.07, 6.45) is 0. The molecule has 2 N–H and O–H groups in total. The molecule has 0 radical (unpaired) electrons. The molecule has 0 aliphatic carbocycles. The van der Waals surface area contributed by atoms with Crippen LogP contribution in [0.2, 0.25) is 0 Å². The van der Waals surface area contributed by atoms with Gasteiger partial charge < -0.3 is 20.1 Å². The number of carbonyl (C=O) groups excluding carboxylic acids is 1. The summed E-state index contributed by atoms with van der Waals surface area (Å²) in [7, 11) is 1.58. The maximum Gasteiger partial charge on any atom is 0.255 e. The smallest absolute Gasteiger partial charge is 0.255 e. The molecule has 0 fully saturated rings. The molecule has 2 heterocycles. The number of hydrogen-bond donors (Lipinski definition) is 2. The number of hydrogen-bond acceptors (Lipinski definition) is 7. The summed E-state index contributed by atoms with van der Waals surface area (Å²) >= 11 is 1.55. The SMILES string of the molecule is CCOc1ccccc1C1C(C(=O)Nc2ccccc2OC)=C(C)Nc2nc(SCC)nn21. The number of allylic oxidation sites excluding steroid dienone is 1. The summed E-state index contributed by atoms with van der Waals surface area (Å²) in [6.45, 7) is 6.37. The molecule has 0 spiro atoms. The molecule has 1 aliphatic rings. The van der Waals surface area contributed by atoms with Crippen molar-refractivity contribution in [2.24, 2.45) is 0 Å². The first kappa shape index (κ1) is 22.7. The van der Waals surface area contributed by atoms with Crippen molar-refractivity contribution in [1.82, 2.24) is 14.8 Å². The largest absolute Gasteiger partial charge is 0.495 e. The number of benzene rings is 2. The lowest BCUT2D eigenvalue weighted by molar-refractivity contribution is -0.113. The van der Waals surface area contributed by atoms with Crippen molar-refractivity contribution in [3.05, 3.63) is 65.4 Å². The Morgan fingerprint density at radius 3 is 2.61 bits per heavy atom. The third kappa shape index (κ3) is 4.54. The molecule has 8 nitrogen and oxygen atoms in total. The minimum atomic E-state index is -0.516. The van der Waals surface area contributed by atoms with E-state index in [0.717, 1.165) is 11.3 Å². The summed E-state index contributed by atoms with van der Waals surface area (Å²) in [5.41, 5.74) is 2.66. The molecule has 2 aromatic carbocycles. The summed E-state index contributed by atoms with van der Waals surface area (Å²) in [6, 6.07) is 14.5. The monoisotopic (exact) mass is 465 g/mol. The third-order valence-corrected chi connectivity index (χ3v) is 5.94. The lowest BCUT2D eigenvalue weighted by Crippen LogP contribution is -2.31. The highest BCUT2D eigenvalue weighted by Crippen LogP contribution is 2.40. The van der Waals surface area contributed by atoms with Gasteiger partial charge in [-0.1, -0.05) is 49.0 Å². The fraction of sp³-hybridized carbons (Fsp3) is 0.292. The number of thioether (sulfide) groups is 1. The molecule has 0 bridgehead atoms. The summed E-state index contributed by atoms with van der Waals surface area (Å²) in [5.74, 6) is 2.47. The Kier molecular flexibility index (Phi) is 6.88. The number of ether oxygens (including phenoxy) is 2. The van der Waals surface area contributed by atoms with Gasteiger partial charge in [0.15, 0.2) is 0 Å². The molecule has 0 saturated carbocycles. The predicted molar refractivity (Wildman–Crippen MR) is 130 cm³/mol. The Bertz CT molecular complexity index is 1190. The highest BCUT2D eigenvalue weighted by atomic mass is 32.2. The molecule has 1 amide bonds. The van der Waals surface area contributed by atoms with Gasteiger partial charge >= 0.3 is 0 Å². The average molecular weight is 466 g/mol. The standard InChI is InChI=1S/C24H27N5O3S/c1-5-32-18-13-9-7-11-16(18)21-20(22(30)26-17-12-8-10-14-19(17)31-4)15(3)25-23-27-24(33-6-2)28-29(21)23/h7-14,21H,5-6H2,1-4H3,(H,26,30)(H,25,27,28). The van der Waals surface area contributed by atoms with Crippen LogP contribution in [-0.2, 0) is 4.79 Å². The van der Waals surface area contributed by atoms with Crippen LogP contribution in [0.5, 0.6) is 11.5 Å². The number of para-hydroxylation sites is 3. The second kappa shape index (κ2) is 9.99. The Morgan fingerprint density at radius 1 is 1.15 bits per heavy atom. The number of nitrogens with zero attached hydrogens (tertiary/aromatic N) is 3. The van der Waals surface area contributed by atoms with Crippen LogP contribution >= 0.6 is 11.8 Å². The van der Waals surface area contributed by atoms with Crippen LogP contribution in [0, 0.1) is 0 Å². The van der Waals surface area contributed by atoms with Crippen LogP contribution in [0.1, 0.15) is 32.4 Å². The zero-order valence-electron chi connectivity index (χ0n) is 19.1. The van der Waals surface area contributed by atoms with E-state index < -0.39 is 6.04 Å². The number of nitrogens with one attached hydrogen (secondary N) is 2. The second-order valence-electron chi connectivity index (χ2n) is 7.29. The van der Waals surface area contributed by atoms with Crippen molar-refractivity contribution >= 4 is 29.3 Å². The van der Waals surface area contributed by atoms with Gasteiger partial charge in [0, 0.05) is 11.3 Å². The van der Waals surface area contributed by atoms with E-state index in [0.29, 0.717) is 46.2 Å². The number of methoxy groups -OCH3 is 1. The highest BCUT2D eigenvalue weighted by Gasteiger charge is 2.36. The van der Waals surface area contributed by atoms with Gasteiger partial charge in [-0.15, -0.1) is 5.10 Å². The topological polar surface area (TPSA) is 90.3 Å². The number of rotatable bonds is 8. The van der Waals surface area contributed by atoms with Crippen LogP contribution < -0.4 is 20.1 Å². The predicted octanol–water partition coefficient (Wildman–Crippen LogP) is 4.73. The van der Waals surface area contributed by atoms with Gasteiger partial charge in [-0.25, -0.2) is 4.68 Å². The van der Waals surface area contributed by atoms with Crippen LogP contribution in [0.4, 0.5) is 11.6 Å².